The lowest BCUT2D eigenvalue weighted by Gasteiger charge is -2.15. The van der Waals surface area contributed by atoms with Gasteiger partial charge >= 0.3 is 0 Å². The number of furan rings is 1. The van der Waals surface area contributed by atoms with Crippen molar-refractivity contribution in [3.63, 3.8) is 0 Å². The minimum absolute atomic E-state index is 0.0777. The average Bonchev–Trinajstić information content (AvgIpc) is 3.42. The molecule has 1 aliphatic rings. The van der Waals surface area contributed by atoms with E-state index in [1.54, 1.807) is 6.26 Å². The molecule has 29 heavy (non-hydrogen) atoms. The zero-order valence-electron chi connectivity index (χ0n) is 16.0. The first-order valence-electron chi connectivity index (χ1n) is 9.90. The van der Waals surface area contributed by atoms with Crippen molar-refractivity contribution in [2.24, 2.45) is 0 Å². The van der Waals surface area contributed by atoms with Crippen molar-refractivity contribution in [2.75, 3.05) is 19.6 Å². The molecule has 0 spiro atoms. The standard InChI is InChI=1S/C24H21NO4/c26-22(4-8-25-7-3-18(14-25)19-5-9-28-15-19)17-2-1-16-13-24-21(12-20(16)11-17)23(27)6-10-29-24/h1-2,5-6,9-13,15,18H,3-4,7-8,14H2. The fourth-order valence-electron chi connectivity index (χ4n) is 4.22. The minimum Gasteiger partial charge on any atom is -0.472 e. The van der Waals surface area contributed by atoms with Crippen LogP contribution in [0.15, 0.2) is 74.9 Å². The number of hydrogen-bond acceptors (Lipinski definition) is 5. The van der Waals surface area contributed by atoms with Crippen molar-refractivity contribution in [1.82, 2.24) is 4.90 Å². The maximum Gasteiger partial charge on any atom is 0.192 e. The Morgan fingerprint density at radius 2 is 2.00 bits per heavy atom. The number of hydrogen-bond donors (Lipinski definition) is 0. The fourth-order valence-corrected chi connectivity index (χ4v) is 4.22. The molecule has 0 aliphatic carbocycles. The van der Waals surface area contributed by atoms with E-state index in [0.29, 0.717) is 28.9 Å². The molecule has 5 rings (SSSR count). The van der Waals surface area contributed by atoms with E-state index in [0.717, 1.165) is 36.8 Å². The van der Waals surface area contributed by atoms with Crippen molar-refractivity contribution < 1.29 is 13.6 Å². The summed E-state index contributed by atoms with van der Waals surface area (Å²) >= 11 is 0. The summed E-state index contributed by atoms with van der Waals surface area (Å²) in [7, 11) is 0. The molecule has 0 radical (unpaired) electrons. The minimum atomic E-state index is -0.0777. The summed E-state index contributed by atoms with van der Waals surface area (Å²) < 4.78 is 10.6. The summed E-state index contributed by atoms with van der Waals surface area (Å²) in [5, 5.41) is 2.36. The number of fused-ring (bicyclic) bond motifs is 2. The van der Waals surface area contributed by atoms with Crippen LogP contribution in [0.2, 0.25) is 0 Å². The van der Waals surface area contributed by atoms with Gasteiger partial charge in [0, 0.05) is 37.1 Å². The molecule has 0 saturated carbocycles. The third-order valence-corrected chi connectivity index (χ3v) is 5.88. The van der Waals surface area contributed by atoms with Crippen LogP contribution in [0.3, 0.4) is 0 Å². The Morgan fingerprint density at radius 3 is 2.86 bits per heavy atom. The van der Waals surface area contributed by atoms with Gasteiger partial charge in [-0.2, -0.15) is 0 Å². The fraction of sp³-hybridized carbons (Fsp3) is 0.250. The van der Waals surface area contributed by atoms with Gasteiger partial charge in [0.05, 0.1) is 24.2 Å². The van der Waals surface area contributed by atoms with E-state index in [1.165, 1.54) is 17.9 Å². The Hall–Kier alpha value is -3.18. The van der Waals surface area contributed by atoms with Crippen molar-refractivity contribution in [2.45, 2.75) is 18.8 Å². The van der Waals surface area contributed by atoms with E-state index < -0.39 is 0 Å². The van der Waals surface area contributed by atoms with Crippen molar-refractivity contribution >= 4 is 27.5 Å². The van der Waals surface area contributed by atoms with Gasteiger partial charge in [0.15, 0.2) is 11.2 Å². The summed E-state index contributed by atoms with van der Waals surface area (Å²) in [6.45, 7) is 2.72. The van der Waals surface area contributed by atoms with E-state index in [1.807, 2.05) is 42.7 Å². The maximum atomic E-state index is 12.8. The quantitative estimate of drug-likeness (QED) is 0.370. The molecule has 1 unspecified atom stereocenters. The Balaban J connectivity index is 1.30. The van der Waals surface area contributed by atoms with Gasteiger partial charge in [0.1, 0.15) is 5.58 Å². The molecule has 3 heterocycles. The molecule has 2 aromatic carbocycles. The van der Waals surface area contributed by atoms with Crippen molar-refractivity contribution in [1.29, 1.82) is 0 Å². The molecule has 146 valence electrons. The van der Waals surface area contributed by atoms with Gasteiger partial charge in [0.2, 0.25) is 0 Å². The van der Waals surface area contributed by atoms with Crippen LogP contribution in [0.4, 0.5) is 0 Å². The first-order valence-corrected chi connectivity index (χ1v) is 9.90. The van der Waals surface area contributed by atoms with Crippen molar-refractivity contribution in [3.8, 4) is 0 Å². The molecular formula is C24H21NO4. The van der Waals surface area contributed by atoms with E-state index in [-0.39, 0.29) is 11.2 Å². The first kappa shape index (κ1) is 17.9. The van der Waals surface area contributed by atoms with Crippen LogP contribution < -0.4 is 5.43 Å². The SMILES string of the molecule is O=C(CCN1CCC(c2ccoc2)C1)c1ccc2cc3occc(=O)c3cc2c1. The Morgan fingerprint density at radius 1 is 1.07 bits per heavy atom. The molecule has 1 aliphatic heterocycles. The van der Waals surface area contributed by atoms with Crippen LogP contribution in [-0.4, -0.2) is 30.3 Å². The van der Waals surface area contributed by atoms with Gasteiger partial charge < -0.3 is 13.7 Å². The molecule has 0 N–H and O–H groups in total. The third-order valence-electron chi connectivity index (χ3n) is 5.88. The van der Waals surface area contributed by atoms with E-state index >= 15 is 0 Å². The van der Waals surface area contributed by atoms with Crippen LogP contribution in [-0.2, 0) is 0 Å². The number of ketones is 1. The summed E-state index contributed by atoms with van der Waals surface area (Å²) in [6.07, 6.45) is 6.52. The predicted octanol–water partition coefficient (Wildman–Crippen LogP) is 4.60. The second-order valence-corrected chi connectivity index (χ2v) is 7.71. The van der Waals surface area contributed by atoms with E-state index in [4.69, 9.17) is 8.83 Å². The topological polar surface area (TPSA) is 63.7 Å². The van der Waals surface area contributed by atoms with E-state index in [9.17, 15) is 9.59 Å². The second-order valence-electron chi connectivity index (χ2n) is 7.71. The summed E-state index contributed by atoms with van der Waals surface area (Å²) in [5.41, 5.74) is 2.41. The molecule has 2 aromatic heterocycles. The van der Waals surface area contributed by atoms with Crippen LogP contribution in [0.5, 0.6) is 0 Å². The third kappa shape index (κ3) is 3.49. The molecule has 1 atom stereocenters. The molecule has 5 nitrogen and oxygen atoms in total. The van der Waals surface area contributed by atoms with Gasteiger partial charge in [-0.3, -0.25) is 9.59 Å². The number of nitrogens with zero attached hydrogens (tertiary/aromatic N) is 1. The lowest BCUT2D eigenvalue weighted by atomic mass is 10.0. The highest BCUT2D eigenvalue weighted by Crippen LogP contribution is 2.28. The average molecular weight is 387 g/mol. The highest BCUT2D eigenvalue weighted by Gasteiger charge is 2.24. The number of carbonyl (C=O) groups is 1. The summed E-state index contributed by atoms with van der Waals surface area (Å²) in [5.74, 6) is 0.614. The molecule has 0 amide bonds. The molecule has 4 aromatic rings. The molecule has 5 heteroatoms. The van der Waals surface area contributed by atoms with Crippen LogP contribution in [0.25, 0.3) is 21.7 Å². The largest absolute Gasteiger partial charge is 0.472 e. The van der Waals surface area contributed by atoms with Gasteiger partial charge in [-0.1, -0.05) is 12.1 Å². The van der Waals surface area contributed by atoms with Gasteiger partial charge in [-0.25, -0.2) is 0 Å². The molecule has 1 saturated heterocycles. The van der Waals surface area contributed by atoms with Crippen molar-refractivity contribution in [3.05, 3.63) is 82.6 Å². The zero-order chi connectivity index (χ0) is 19.8. The predicted molar refractivity (Wildman–Crippen MR) is 111 cm³/mol. The number of rotatable bonds is 5. The first-order chi connectivity index (χ1) is 14.2. The Kier molecular flexibility index (Phi) is 4.52. The number of likely N-dealkylation sites (tertiary alicyclic amines) is 1. The van der Waals surface area contributed by atoms with E-state index in [2.05, 4.69) is 4.90 Å². The monoisotopic (exact) mass is 387 g/mol. The summed E-state index contributed by atoms with van der Waals surface area (Å²) in [6, 6.07) is 12.7. The van der Waals surface area contributed by atoms with Crippen LogP contribution in [0, 0.1) is 0 Å². The number of carbonyl (C=O) groups excluding carboxylic acids is 1. The zero-order valence-corrected chi connectivity index (χ0v) is 16.0. The Labute approximate surface area is 167 Å². The second kappa shape index (κ2) is 7.33. The number of Topliss-reactive ketones (excluding diaryl/α,β-unsaturated/α-hetero) is 1. The molecule has 0 bridgehead atoms. The molecular weight excluding hydrogens is 366 g/mol. The smallest absolute Gasteiger partial charge is 0.192 e. The highest BCUT2D eigenvalue weighted by atomic mass is 16.3. The Bertz CT molecular complexity index is 1240. The van der Waals surface area contributed by atoms with Crippen LogP contribution in [0.1, 0.15) is 34.7 Å². The van der Waals surface area contributed by atoms with Gasteiger partial charge in [-0.05, 0) is 53.6 Å². The lowest BCUT2D eigenvalue weighted by Crippen LogP contribution is -2.23. The van der Waals surface area contributed by atoms with Crippen LogP contribution >= 0.6 is 0 Å². The van der Waals surface area contributed by atoms with Gasteiger partial charge in [0.25, 0.3) is 0 Å². The highest BCUT2D eigenvalue weighted by molar-refractivity contribution is 6.02. The summed E-state index contributed by atoms with van der Waals surface area (Å²) in [4.78, 5) is 27.2. The molecule has 1 fully saturated rings. The lowest BCUT2D eigenvalue weighted by molar-refractivity contribution is 0.0969. The normalized spacial score (nSPS) is 17.3. The number of benzene rings is 2. The maximum absolute atomic E-state index is 12.8. The van der Waals surface area contributed by atoms with Gasteiger partial charge in [-0.15, -0.1) is 0 Å².